The Balaban J connectivity index is 1.40. The molecule has 0 saturated heterocycles. The molecule has 0 radical (unpaired) electrons. The van der Waals surface area contributed by atoms with Crippen molar-refractivity contribution < 1.29 is 22.5 Å². The summed E-state index contributed by atoms with van der Waals surface area (Å²) < 4.78 is 42.2. The van der Waals surface area contributed by atoms with E-state index in [9.17, 15) is 18.0 Å². The zero-order chi connectivity index (χ0) is 20.6. The van der Waals surface area contributed by atoms with Gasteiger partial charge in [0.25, 0.3) is 0 Å². The van der Waals surface area contributed by atoms with E-state index >= 15 is 0 Å². The first-order chi connectivity index (χ1) is 13.8. The number of rotatable bonds is 4. The third-order valence-electron chi connectivity index (χ3n) is 4.33. The standard InChI is InChI=1S/C18H14ClF3N4O2S/c19-11-1-3-12(4-2-11)23-15(27)9-26-6-5-13-10(8-26)7-14(29-13)16-24-17(28-25-16)18(20,21)22/h1-4,7H,5-6,8-9H2,(H,23,27). The number of hydrogen-bond donors (Lipinski definition) is 1. The van der Waals surface area contributed by atoms with Crippen LogP contribution in [0, 0.1) is 0 Å². The van der Waals surface area contributed by atoms with E-state index < -0.39 is 12.1 Å². The lowest BCUT2D eigenvalue weighted by Gasteiger charge is -2.26. The monoisotopic (exact) mass is 442 g/mol. The molecule has 1 N–H and O–H groups in total. The molecule has 0 spiro atoms. The Morgan fingerprint density at radius 1 is 1.31 bits per heavy atom. The summed E-state index contributed by atoms with van der Waals surface area (Å²) in [5.41, 5.74) is 1.61. The third kappa shape index (κ3) is 4.60. The van der Waals surface area contributed by atoms with E-state index in [1.807, 2.05) is 4.90 Å². The summed E-state index contributed by atoms with van der Waals surface area (Å²) in [5.74, 6) is -1.60. The van der Waals surface area contributed by atoms with Gasteiger partial charge in [0.15, 0.2) is 0 Å². The Morgan fingerprint density at radius 3 is 2.76 bits per heavy atom. The molecule has 3 aromatic rings. The number of amides is 1. The molecule has 6 nitrogen and oxygen atoms in total. The Bertz CT molecular complexity index is 1030. The van der Waals surface area contributed by atoms with Gasteiger partial charge in [-0.1, -0.05) is 16.8 Å². The van der Waals surface area contributed by atoms with Crippen molar-refractivity contribution in [2.45, 2.75) is 19.1 Å². The van der Waals surface area contributed by atoms with Gasteiger partial charge in [0, 0.05) is 28.7 Å². The molecule has 0 bridgehead atoms. The lowest BCUT2D eigenvalue weighted by Crippen LogP contribution is -2.36. The number of carbonyl (C=O) groups is 1. The maximum atomic E-state index is 12.6. The molecule has 2 aromatic heterocycles. The summed E-state index contributed by atoms with van der Waals surface area (Å²) in [4.78, 5) is 19.3. The van der Waals surface area contributed by atoms with Crippen molar-refractivity contribution >= 4 is 34.5 Å². The fourth-order valence-electron chi connectivity index (χ4n) is 3.01. The van der Waals surface area contributed by atoms with Crippen molar-refractivity contribution in [1.29, 1.82) is 0 Å². The molecule has 1 aliphatic rings. The molecule has 0 unspecified atom stereocenters. The molecule has 1 aromatic carbocycles. The Kier molecular flexibility index (Phi) is 5.32. The zero-order valence-corrected chi connectivity index (χ0v) is 16.4. The van der Waals surface area contributed by atoms with Crippen LogP contribution in [0.1, 0.15) is 16.3 Å². The van der Waals surface area contributed by atoms with Gasteiger partial charge < -0.3 is 9.84 Å². The van der Waals surface area contributed by atoms with Crippen LogP contribution in [0.15, 0.2) is 34.9 Å². The number of thiophene rings is 1. The molecule has 1 amide bonds. The highest BCUT2D eigenvalue weighted by atomic mass is 35.5. The van der Waals surface area contributed by atoms with Crippen molar-refractivity contribution in [2.75, 3.05) is 18.4 Å². The summed E-state index contributed by atoms with van der Waals surface area (Å²) in [7, 11) is 0. The summed E-state index contributed by atoms with van der Waals surface area (Å²) >= 11 is 7.18. The van der Waals surface area contributed by atoms with E-state index in [-0.39, 0.29) is 18.3 Å². The lowest BCUT2D eigenvalue weighted by atomic mass is 10.1. The maximum Gasteiger partial charge on any atom is 0.471 e. The highest BCUT2D eigenvalue weighted by Gasteiger charge is 2.38. The minimum absolute atomic E-state index is 0.0799. The summed E-state index contributed by atoms with van der Waals surface area (Å²) in [6.07, 6.45) is -3.98. The fraction of sp³-hybridized carbons (Fsp3) is 0.278. The third-order valence-corrected chi connectivity index (χ3v) is 5.81. The predicted molar refractivity (Wildman–Crippen MR) is 102 cm³/mol. The number of hydrogen-bond acceptors (Lipinski definition) is 6. The molecule has 0 aliphatic carbocycles. The van der Waals surface area contributed by atoms with E-state index in [1.165, 1.54) is 11.3 Å². The molecule has 0 fully saturated rings. The first kappa shape index (κ1) is 19.9. The van der Waals surface area contributed by atoms with Crippen LogP contribution in [0.2, 0.25) is 5.02 Å². The van der Waals surface area contributed by atoms with Gasteiger partial charge in [0.2, 0.25) is 11.7 Å². The van der Waals surface area contributed by atoms with E-state index in [4.69, 9.17) is 11.6 Å². The largest absolute Gasteiger partial charge is 0.471 e. The molecule has 0 atom stereocenters. The smallest absolute Gasteiger partial charge is 0.329 e. The predicted octanol–water partition coefficient (Wildman–Crippen LogP) is 4.47. The number of halogens is 4. The second kappa shape index (κ2) is 7.77. The Morgan fingerprint density at radius 2 is 2.07 bits per heavy atom. The SMILES string of the molecule is O=C(CN1CCc2sc(-c3noc(C(F)(F)F)n3)cc2C1)Nc1ccc(Cl)cc1. The molecule has 152 valence electrons. The summed E-state index contributed by atoms with van der Waals surface area (Å²) in [6.45, 7) is 1.39. The molecule has 0 saturated carbocycles. The molecule has 1 aliphatic heterocycles. The van der Waals surface area contributed by atoms with Crippen molar-refractivity contribution in [3.63, 3.8) is 0 Å². The second-order valence-electron chi connectivity index (χ2n) is 6.50. The van der Waals surface area contributed by atoms with Crippen molar-refractivity contribution in [2.24, 2.45) is 0 Å². The van der Waals surface area contributed by atoms with Gasteiger partial charge in [-0.3, -0.25) is 9.69 Å². The molecule has 11 heteroatoms. The zero-order valence-electron chi connectivity index (χ0n) is 14.8. The number of carbonyl (C=O) groups excluding carboxylic acids is 1. The molecule has 4 rings (SSSR count). The van der Waals surface area contributed by atoms with Crippen LogP contribution in [0.3, 0.4) is 0 Å². The number of alkyl halides is 3. The van der Waals surface area contributed by atoms with Crippen molar-refractivity contribution in [3.8, 4) is 10.7 Å². The minimum Gasteiger partial charge on any atom is -0.329 e. The summed E-state index contributed by atoms with van der Waals surface area (Å²) in [5, 5.41) is 6.83. The summed E-state index contributed by atoms with van der Waals surface area (Å²) in [6, 6.07) is 8.59. The van der Waals surface area contributed by atoms with Crippen molar-refractivity contribution in [3.05, 3.63) is 51.7 Å². The van der Waals surface area contributed by atoms with Crippen LogP contribution < -0.4 is 5.32 Å². The first-order valence-electron chi connectivity index (χ1n) is 8.58. The average molecular weight is 443 g/mol. The van der Waals surface area contributed by atoms with Crippen LogP contribution in [0.4, 0.5) is 18.9 Å². The van der Waals surface area contributed by atoms with E-state index in [1.54, 1.807) is 30.3 Å². The number of anilines is 1. The molecular weight excluding hydrogens is 429 g/mol. The number of benzene rings is 1. The quantitative estimate of drug-likeness (QED) is 0.645. The number of aromatic nitrogens is 2. The van der Waals surface area contributed by atoms with Crippen molar-refractivity contribution in [1.82, 2.24) is 15.0 Å². The normalized spacial score (nSPS) is 14.6. The van der Waals surface area contributed by atoms with Gasteiger partial charge >= 0.3 is 12.1 Å². The van der Waals surface area contributed by atoms with E-state index in [0.29, 0.717) is 35.1 Å². The van der Waals surface area contributed by atoms with Crippen LogP contribution in [-0.2, 0) is 23.9 Å². The fourth-order valence-corrected chi connectivity index (χ4v) is 4.23. The van der Waals surface area contributed by atoms with Crippen LogP contribution in [-0.4, -0.2) is 34.0 Å². The van der Waals surface area contributed by atoms with Gasteiger partial charge in [-0.25, -0.2) is 0 Å². The highest BCUT2D eigenvalue weighted by molar-refractivity contribution is 7.15. The highest BCUT2D eigenvalue weighted by Crippen LogP contribution is 2.35. The van der Waals surface area contributed by atoms with Gasteiger partial charge in [0.1, 0.15) is 0 Å². The van der Waals surface area contributed by atoms with Crippen LogP contribution >= 0.6 is 22.9 Å². The number of nitrogens with zero attached hydrogens (tertiary/aromatic N) is 3. The van der Waals surface area contributed by atoms with Gasteiger partial charge in [-0.05, 0) is 42.3 Å². The number of nitrogens with one attached hydrogen (secondary N) is 1. The topological polar surface area (TPSA) is 71.3 Å². The second-order valence-corrected chi connectivity index (χ2v) is 8.07. The molecule has 3 heterocycles. The van der Waals surface area contributed by atoms with Crippen LogP contribution in [0.5, 0.6) is 0 Å². The van der Waals surface area contributed by atoms with Gasteiger partial charge in [-0.15, -0.1) is 11.3 Å². The minimum atomic E-state index is -4.67. The lowest BCUT2D eigenvalue weighted by molar-refractivity contribution is -0.159. The van der Waals surface area contributed by atoms with Gasteiger partial charge in [0.05, 0.1) is 11.4 Å². The van der Waals surface area contributed by atoms with Crippen LogP contribution in [0.25, 0.3) is 10.7 Å². The number of fused-ring (bicyclic) bond motifs is 1. The molecular formula is C18H14ClF3N4O2S. The first-order valence-corrected chi connectivity index (χ1v) is 9.78. The van der Waals surface area contributed by atoms with Gasteiger partial charge in [-0.2, -0.15) is 18.2 Å². The Labute approximate surface area is 172 Å². The maximum absolute atomic E-state index is 12.6. The average Bonchev–Trinajstić information content (AvgIpc) is 3.29. The van der Waals surface area contributed by atoms with E-state index in [0.717, 1.165) is 10.4 Å². The Hall–Kier alpha value is -2.43. The van der Waals surface area contributed by atoms with E-state index in [2.05, 4.69) is 20.0 Å². The molecule has 29 heavy (non-hydrogen) atoms.